The molecule has 0 spiro atoms. The normalized spacial score (nSPS) is 11.0. The highest BCUT2D eigenvalue weighted by atomic mass is 31.1. The van der Waals surface area contributed by atoms with Crippen LogP contribution in [0.4, 0.5) is 17.3 Å². The first-order valence-electron chi connectivity index (χ1n) is 9.84. The van der Waals surface area contributed by atoms with Crippen LogP contribution >= 0.6 is 7.92 Å². The molecule has 0 unspecified atom stereocenters. The number of halogens is 4. The van der Waals surface area contributed by atoms with E-state index in [9.17, 15) is 17.3 Å². The van der Waals surface area contributed by atoms with E-state index in [-0.39, 0.29) is 0 Å². The van der Waals surface area contributed by atoms with Gasteiger partial charge in [-0.3, -0.25) is 0 Å². The van der Waals surface area contributed by atoms with Gasteiger partial charge in [0.15, 0.2) is 0 Å². The molecule has 4 aromatic carbocycles. The van der Waals surface area contributed by atoms with Crippen molar-refractivity contribution < 1.29 is 17.3 Å². The molecule has 0 atom stereocenters. The molecule has 0 saturated heterocycles. The Morgan fingerprint density at radius 2 is 0.806 bits per heavy atom. The van der Waals surface area contributed by atoms with Gasteiger partial charge in [0, 0.05) is 0 Å². The Hall–Kier alpha value is -2.91. The summed E-state index contributed by atoms with van der Waals surface area (Å²) < 4.78 is 39.0. The molecule has 158 valence electrons. The smallest absolute Gasteiger partial charge is 0.418 e. The van der Waals surface area contributed by atoms with Crippen molar-refractivity contribution in [3.63, 3.8) is 0 Å². The molecular formula is C25H22BF4P. The van der Waals surface area contributed by atoms with E-state index in [1.54, 1.807) is 0 Å². The van der Waals surface area contributed by atoms with Crippen LogP contribution in [-0.4, -0.2) is 7.25 Å². The van der Waals surface area contributed by atoms with Gasteiger partial charge in [-0.05, 0) is 54.4 Å². The second-order valence-corrected chi connectivity index (χ2v) is 9.53. The zero-order chi connectivity index (χ0) is 22.3. The molecule has 0 aromatic heterocycles. The predicted molar refractivity (Wildman–Crippen MR) is 127 cm³/mol. The molecule has 0 aliphatic carbocycles. The van der Waals surface area contributed by atoms with E-state index in [2.05, 4.69) is 116 Å². The van der Waals surface area contributed by atoms with Gasteiger partial charge >= 0.3 is 7.25 Å². The van der Waals surface area contributed by atoms with Gasteiger partial charge in [0.2, 0.25) is 0 Å². The third-order valence-corrected chi connectivity index (χ3v) is 7.42. The second kappa shape index (κ2) is 10.4. The quantitative estimate of drug-likeness (QED) is 0.194. The van der Waals surface area contributed by atoms with Crippen molar-refractivity contribution >= 4 is 31.1 Å². The fourth-order valence-corrected chi connectivity index (χ4v) is 5.84. The molecule has 0 heterocycles. The average molecular weight is 440 g/mol. The van der Waals surface area contributed by atoms with Gasteiger partial charge in [-0.2, -0.15) is 0 Å². The molecule has 6 heteroatoms. The third kappa shape index (κ3) is 7.08. The van der Waals surface area contributed by atoms with Crippen LogP contribution in [-0.2, 0) is 0 Å². The van der Waals surface area contributed by atoms with E-state index < -0.39 is 15.2 Å². The molecule has 0 amide bonds. The molecule has 0 saturated carbocycles. The van der Waals surface area contributed by atoms with Gasteiger partial charge in [0.25, 0.3) is 0 Å². The Labute approximate surface area is 181 Å². The predicted octanol–water partition coefficient (Wildman–Crippen LogP) is 6.45. The Bertz CT molecular complexity index is 1020. The van der Waals surface area contributed by atoms with Crippen LogP contribution in [0.25, 0.3) is 11.1 Å². The number of rotatable bonds is 4. The molecular weight excluding hydrogens is 418 g/mol. The van der Waals surface area contributed by atoms with Crippen molar-refractivity contribution in [1.29, 1.82) is 0 Å². The van der Waals surface area contributed by atoms with Crippen LogP contribution in [0.2, 0.25) is 0 Å². The molecule has 0 radical (unpaired) electrons. The summed E-state index contributed by atoms with van der Waals surface area (Å²) in [5.41, 5.74) is 3.84. The number of hydrogen-bond acceptors (Lipinski definition) is 0. The Morgan fingerprint density at radius 1 is 0.484 bits per heavy atom. The van der Waals surface area contributed by atoms with Gasteiger partial charge in [-0.15, -0.1) is 0 Å². The van der Waals surface area contributed by atoms with Crippen LogP contribution < -0.4 is 15.9 Å². The van der Waals surface area contributed by atoms with Crippen molar-refractivity contribution in [3.05, 3.63) is 115 Å². The summed E-state index contributed by atoms with van der Waals surface area (Å²) in [4.78, 5) is 0. The van der Waals surface area contributed by atoms with Gasteiger partial charge in [0.1, 0.15) is 15.9 Å². The highest BCUT2D eigenvalue weighted by Crippen LogP contribution is 2.33. The van der Waals surface area contributed by atoms with E-state index in [0.717, 1.165) is 0 Å². The summed E-state index contributed by atoms with van der Waals surface area (Å²) in [6, 6.07) is 39.7. The van der Waals surface area contributed by atoms with E-state index in [1.165, 1.54) is 32.6 Å². The summed E-state index contributed by atoms with van der Waals surface area (Å²) >= 11 is 0. The molecule has 0 aliphatic rings. The molecule has 4 rings (SSSR count). The molecule has 0 nitrogen and oxygen atoms in total. The van der Waals surface area contributed by atoms with E-state index in [4.69, 9.17) is 0 Å². The Balaban J connectivity index is 0.000000491. The lowest BCUT2D eigenvalue weighted by Gasteiger charge is -2.11. The van der Waals surface area contributed by atoms with Crippen LogP contribution in [0.15, 0.2) is 109 Å². The summed E-state index contributed by atoms with van der Waals surface area (Å²) in [5.74, 6) is 0. The molecule has 0 bridgehead atoms. The minimum atomic E-state index is -6.00. The summed E-state index contributed by atoms with van der Waals surface area (Å²) in [6.07, 6.45) is 0. The highest BCUT2D eigenvalue weighted by molar-refractivity contribution is 7.79. The van der Waals surface area contributed by atoms with Gasteiger partial charge in [-0.1, -0.05) is 78.4 Å². The van der Waals surface area contributed by atoms with Crippen molar-refractivity contribution in [2.45, 2.75) is 6.92 Å². The van der Waals surface area contributed by atoms with Crippen LogP contribution in [0.5, 0.6) is 0 Å². The van der Waals surface area contributed by atoms with Gasteiger partial charge < -0.3 is 17.3 Å². The van der Waals surface area contributed by atoms with E-state index in [0.29, 0.717) is 0 Å². The van der Waals surface area contributed by atoms with Gasteiger partial charge in [-0.25, -0.2) is 0 Å². The van der Waals surface area contributed by atoms with Crippen LogP contribution in [0.1, 0.15) is 5.56 Å². The maximum Gasteiger partial charge on any atom is 0.673 e. The Morgan fingerprint density at radius 3 is 1.19 bits per heavy atom. The van der Waals surface area contributed by atoms with Crippen LogP contribution in [0, 0.1) is 6.92 Å². The standard InChI is InChI=1S/C25H21P.BF4/c1-20-12-14-21(15-13-20)22-16-18-25(19-17-22)26(23-8-4-2-5-9-23)24-10-6-3-7-11-24;2-1(3,4)5/h2-19H,1H3;/q;-1/p+1. The number of hydrogen-bond donors (Lipinski definition) is 0. The van der Waals surface area contributed by atoms with Crippen molar-refractivity contribution in [3.8, 4) is 11.1 Å². The lowest BCUT2D eigenvalue weighted by atomic mass is 10.0. The topological polar surface area (TPSA) is 0 Å². The van der Waals surface area contributed by atoms with Crippen molar-refractivity contribution in [1.82, 2.24) is 0 Å². The zero-order valence-electron chi connectivity index (χ0n) is 17.0. The van der Waals surface area contributed by atoms with E-state index >= 15 is 0 Å². The third-order valence-electron chi connectivity index (χ3n) is 4.68. The summed E-state index contributed by atoms with van der Waals surface area (Å²) in [7, 11) is -6.98. The summed E-state index contributed by atoms with van der Waals surface area (Å²) in [6.45, 7) is 2.13. The minimum absolute atomic E-state index is 0.982. The maximum absolute atomic E-state index is 9.75. The molecule has 0 aliphatic heterocycles. The summed E-state index contributed by atoms with van der Waals surface area (Å²) in [5, 5.41) is 4.27. The maximum atomic E-state index is 9.75. The average Bonchev–Trinajstić information content (AvgIpc) is 2.76. The fourth-order valence-electron chi connectivity index (χ4n) is 3.28. The largest absolute Gasteiger partial charge is 0.673 e. The minimum Gasteiger partial charge on any atom is -0.418 e. The second-order valence-electron chi connectivity index (χ2n) is 7.05. The monoisotopic (exact) mass is 440 g/mol. The molecule has 0 fully saturated rings. The molecule has 31 heavy (non-hydrogen) atoms. The Kier molecular flexibility index (Phi) is 7.65. The first-order chi connectivity index (χ1) is 14.8. The SMILES string of the molecule is Cc1ccc(-c2ccc([PH+](c3ccccc3)c3ccccc3)cc2)cc1.F[B-](F)(F)F. The number of benzene rings is 4. The van der Waals surface area contributed by atoms with Crippen molar-refractivity contribution in [2.24, 2.45) is 0 Å². The molecule has 4 aromatic rings. The first kappa shape index (κ1) is 22.8. The lowest BCUT2D eigenvalue weighted by Crippen LogP contribution is -2.20. The molecule has 0 N–H and O–H groups in total. The zero-order valence-corrected chi connectivity index (χ0v) is 18.0. The van der Waals surface area contributed by atoms with Crippen LogP contribution in [0.3, 0.4) is 0 Å². The first-order valence-corrected chi connectivity index (χ1v) is 11.3. The fraction of sp³-hybridized carbons (Fsp3) is 0.0400. The lowest BCUT2D eigenvalue weighted by molar-refractivity contribution is 0.368. The number of aryl methyl sites for hydroxylation is 1. The van der Waals surface area contributed by atoms with Gasteiger partial charge in [0.05, 0.1) is 7.92 Å². The van der Waals surface area contributed by atoms with E-state index in [1.807, 2.05) is 0 Å². The highest BCUT2D eigenvalue weighted by Gasteiger charge is 2.24. The van der Waals surface area contributed by atoms with Crippen molar-refractivity contribution in [2.75, 3.05) is 0 Å².